The Morgan fingerprint density at radius 1 is 1.16 bits per heavy atom. The number of ether oxygens (including phenoxy) is 1. The Bertz CT molecular complexity index is 1230. The molecule has 0 N–H and O–H groups in total. The van der Waals surface area contributed by atoms with Crippen LogP contribution in [0.2, 0.25) is 5.02 Å². The zero-order chi connectivity index (χ0) is 21.7. The van der Waals surface area contributed by atoms with Gasteiger partial charge in [0, 0.05) is 28.1 Å². The Morgan fingerprint density at radius 3 is 2.68 bits per heavy atom. The fourth-order valence-corrected chi connectivity index (χ4v) is 4.59. The van der Waals surface area contributed by atoms with E-state index in [1.54, 1.807) is 6.07 Å². The molecule has 2 atom stereocenters. The molecule has 0 amide bonds. The lowest BCUT2D eigenvalue weighted by molar-refractivity contribution is -0.384. The van der Waals surface area contributed by atoms with Crippen molar-refractivity contribution in [2.24, 2.45) is 5.10 Å². The lowest BCUT2D eigenvalue weighted by Crippen LogP contribution is -2.33. The number of nitro benzene ring substituents is 1. The molecule has 2 heterocycles. The molecule has 5 rings (SSSR count). The second kappa shape index (κ2) is 7.66. The van der Waals surface area contributed by atoms with Gasteiger partial charge in [-0.2, -0.15) is 5.10 Å². The van der Waals surface area contributed by atoms with Gasteiger partial charge in [-0.15, -0.1) is 0 Å². The maximum absolute atomic E-state index is 11.4. The minimum absolute atomic E-state index is 0.0442. The minimum atomic E-state index is -0.599. The number of hydrazone groups is 1. The Kier molecular flexibility index (Phi) is 4.95. The number of benzene rings is 3. The highest BCUT2D eigenvalue weighted by molar-refractivity contribution is 9.10. The summed E-state index contributed by atoms with van der Waals surface area (Å²) in [6.07, 6.45) is 0.111. The summed E-state index contributed by atoms with van der Waals surface area (Å²) < 4.78 is 7.25. The van der Waals surface area contributed by atoms with Crippen molar-refractivity contribution in [2.75, 3.05) is 0 Å². The van der Waals surface area contributed by atoms with E-state index in [1.165, 1.54) is 17.7 Å². The van der Waals surface area contributed by atoms with Gasteiger partial charge in [-0.1, -0.05) is 63.4 Å². The minimum Gasteiger partial charge on any atom is -0.464 e. The number of nitro groups is 1. The van der Waals surface area contributed by atoms with Crippen LogP contribution >= 0.6 is 27.5 Å². The van der Waals surface area contributed by atoms with Crippen molar-refractivity contribution in [3.8, 4) is 5.75 Å². The molecule has 0 unspecified atom stereocenters. The van der Waals surface area contributed by atoms with Gasteiger partial charge in [-0.05, 0) is 36.8 Å². The van der Waals surface area contributed by atoms with E-state index in [2.05, 4.69) is 47.1 Å². The topological polar surface area (TPSA) is 68.0 Å². The van der Waals surface area contributed by atoms with Gasteiger partial charge in [0.05, 0.1) is 16.7 Å². The summed E-state index contributed by atoms with van der Waals surface area (Å²) in [7, 11) is 0. The number of aryl methyl sites for hydroxylation is 1. The lowest BCUT2D eigenvalue weighted by Gasteiger charge is -2.38. The highest BCUT2D eigenvalue weighted by Gasteiger charge is 2.41. The normalized spacial score (nSPS) is 19.3. The zero-order valence-electron chi connectivity index (χ0n) is 16.5. The Morgan fingerprint density at radius 2 is 1.94 bits per heavy atom. The van der Waals surface area contributed by atoms with Gasteiger partial charge in [0.1, 0.15) is 10.8 Å². The molecule has 3 aromatic rings. The highest BCUT2D eigenvalue weighted by atomic mass is 79.9. The third kappa shape index (κ3) is 3.58. The molecule has 0 aliphatic carbocycles. The number of halogens is 2. The summed E-state index contributed by atoms with van der Waals surface area (Å²) in [6, 6.07) is 18.9. The number of fused-ring (bicyclic) bond motifs is 3. The molecule has 0 saturated carbocycles. The van der Waals surface area contributed by atoms with E-state index >= 15 is 0 Å². The van der Waals surface area contributed by atoms with Crippen LogP contribution in [0.5, 0.6) is 5.75 Å². The zero-order valence-corrected chi connectivity index (χ0v) is 18.8. The molecule has 31 heavy (non-hydrogen) atoms. The standard InChI is InChI=1S/C23H17BrClN3O3/c1-13-2-4-14(5-3-13)19-12-20-17-11-16(24)7-9-22(17)31-23(27(20)26-19)15-6-8-18(25)21(10-15)28(29)30/h2-11,20,23H,12H2,1H3/t20-,23+/m0/s1. The third-order valence-corrected chi connectivity index (χ3v) is 6.40. The van der Waals surface area contributed by atoms with E-state index in [0.717, 1.165) is 27.1 Å². The fraction of sp³-hybridized carbons (Fsp3) is 0.174. The van der Waals surface area contributed by atoms with Crippen LogP contribution in [0.15, 0.2) is 70.2 Å². The fourth-order valence-electron chi connectivity index (χ4n) is 4.02. The van der Waals surface area contributed by atoms with Crippen molar-refractivity contribution < 1.29 is 9.66 Å². The van der Waals surface area contributed by atoms with Crippen LogP contribution in [0, 0.1) is 17.0 Å². The van der Waals surface area contributed by atoms with Crippen LogP contribution < -0.4 is 4.74 Å². The molecule has 156 valence electrons. The van der Waals surface area contributed by atoms with Crippen LogP contribution in [0.1, 0.15) is 40.9 Å². The first-order chi connectivity index (χ1) is 14.9. The SMILES string of the molecule is Cc1ccc(C2=NN3[C@@H](c4ccc(Cl)c([N+](=O)[O-])c4)Oc4ccc(Br)cc4[C@@H]3C2)cc1. The van der Waals surface area contributed by atoms with Gasteiger partial charge in [0.25, 0.3) is 5.69 Å². The molecule has 2 aliphatic rings. The molecule has 0 saturated heterocycles. The van der Waals surface area contributed by atoms with Crippen molar-refractivity contribution in [3.63, 3.8) is 0 Å². The number of nitrogens with zero attached hydrogens (tertiary/aromatic N) is 3. The number of rotatable bonds is 3. The first-order valence-corrected chi connectivity index (χ1v) is 10.9. The average Bonchev–Trinajstić information content (AvgIpc) is 3.20. The summed E-state index contributed by atoms with van der Waals surface area (Å²) in [5.74, 6) is 0.743. The second-order valence-corrected chi connectivity index (χ2v) is 8.96. The average molecular weight is 499 g/mol. The monoisotopic (exact) mass is 497 g/mol. The summed E-state index contributed by atoms with van der Waals surface area (Å²) in [6.45, 7) is 2.05. The Labute approximate surface area is 192 Å². The second-order valence-electron chi connectivity index (χ2n) is 7.63. The van der Waals surface area contributed by atoms with Crippen LogP contribution in [0.25, 0.3) is 0 Å². The predicted molar refractivity (Wildman–Crippen MR) is 123 cm³/mol. The van der Waals surface area contributed by atoms with Gasteiger partial charge in [0.2, 0.25) is 6.23 Å². The van der Waals surface area contributed by atoms with Gasteiger partial charge >= 0.3 is 0 Å². The maximum Gasteiger partial charge on any atom is 0.288 e. The van der Waals surface area contributed by atoms with Gasteiger partial charge in [-0.3, -0.25) is 10.1 Å². The molecule has 0 fully saturated rings. The Hall–Kier alpha value is -2.90. The highest BCUT2D eigenvalue weighted by Crippen LogP contribution is 2.48. The van der Waals surface area contributed by atoms with Crippen molar-refractivity contribution >= 4 is 38.9 Å². The van der Waals surface area contributed by atoms with Crippen LogP contribution in [0.4, 0.5) is 5.69 Å². The first-order valence-electron chi connectivity index (χ1n) is 9.73. The molecule has 2 aliphatic heterocycles. The van der Waals surface area contributed by atoms with E-state index in [0.29, 0.717) is 12.0 Å². The van der Waals surface area contributed by atoms with Gasteiger partial charge < -0.3 is 4.74 Å². The van der Waals surface area contributed by atoms with Gasteiger partial charge in [-0.25, -0.2) is 5.01 Å². The quantitative estimate of drug-likeness (QED) is 0.303. The largest absolute Gasteiger partial charge is 0.464 e. The van der Waals surface area contributed by atoms with E-state index < -0.39 is 11.2 Å². The third-order valence-electron chi connectivity index (χ3n) is 5.59. The molecular weight excluding hydrogens is 482 g/mol. The van der Waals surface area contributed by atoms with Crippen molar-refractivity contribution in [1.29, 1.82) is 0 Å². The summed E-state index contributed by atoms with van der Waals surface area (Å²) in [5, 5.41) is 18.3. The van der Waals surface area contributed by atoms with Crippen LogP contribution in [-0.2, 0) is 0 Å². The maximum atomic E-state index is 11.4. The molecule has 0 spiro atoms. The molecule has 8 heteroatoms. The van der Waals surface area contributed by atoms with E-state index in [1.807, 2.05) is 23.2 Å². The predicted octanol–water partition coefficient (Wildman–Crippen LogP) is 6.56. The molecule has 0 aromatic heterocycles. The van der Waals surface area contributed by atoms with Crippen molar-refractivity contribution in [1.82, 2.24) is 5.01 Å². The van der Waals surface area contributed by atoms with E-state index in [-0.39, 0.29) is 16.8 Å². The van der Waals surface area contributed by atoms with Crippen molar-refractivity contribution in [2.45, 2.75) is 25.6 Å². The lowest BCUT2D eigenvalue weighted by atomic mass is 9.95. The number of hydrogen-bond acceptors (Lipinski definition) is 5. The van der Waals surface area contributed by atoms with E-state index in [9.17, 15) is 10.1 Å². The van der Waals surface area contributed by atoms with Crippen LogP contribution in [-0.4, -0.2) is 15.6 Å². The molecule has 0 radical (unpaired) electrons. The smallest absolute Gasteiger partial charge is 0.288 e. The molecule has 6 nitrogen and oxygen atoms in total. The summed E-state index contributed by atoms with van der Waals surface area (Å²) >= 11 is 9.57. The summed E-state index contributed by atoms with van der Waals surface area (Å²) in [4.78, 5) is 10.9. The van der Waals surface area contributed by atoms with Crippen LogP contribution in [0.3, 0.4) is 0 Å². The number of hydrogen-bond donors (Lipinski definition) is 0. The van der Waals surface area contributed by atoms with Gasteiger partial charge in [0.15, 0.2) is 0 Å². The summed E-state index contributed by atoms with van der Waals surface area (Å²) in [5.41, 5.74) is 4.70. The molecular formula is C23H17BrClN3O3. The molecule has 0 bridgehead atoms. The molecule has 3 aromatic carbocycles. The van der Waals surface area contributed by atoms with Crippen molar-refractivity contribution in [3.05, 3.63) is 103 Å². The first kappa shape index (κ1) is 20.0. The Balaban J connectivity index is 1.61. The van der Waals surface area contributed by atoms with E-state index in [4.69, 9.17) is 21.4 Å².